The fourth-order valence-corrected chi connectivity index (χ4v) is 2.04. The highest BCUT2D eigenvalue weighted by Gasteiger charge is 2.30. The molecule has 0 bridgehead atoms. The minimum Gasteiger partial charge on any atom is -0.321 e. The van der Waals surface area contributed by atoms with Crippen molar-refractivity contribution in [3.05, 3.63) is 72.2 Å². The molecule has 1 amide bonds. The fraction of sp³-hybridized carbons (Fsp3) is 0.0625. The van der Waals surface area contributed by atoms with Gasteiger partial charge in [0.15, 0.2) is 5.82 Å². The highest BCUT2D eigenvalue weighted by Crippen LogP contribution is 2.29. The lowest BCUT2D eigenvalue weighted by molar-refractivity contribution is -0.137. The summed E-state index contributed by atoms with van der Waals surface area (Å²) >= 11 is 0. The molecule has 0 atom stereocenters. The van der Waals surface area contributed by atoms with Gasteiger partial charge in [-0.15, -0.1) is 0 Å². The van der Waals surface area contributed by atoms with Crippen LogP contribution >= 0.6 is 0 Å². The van der Waals surface area contributed by atoms with Crippen molar-refractivity contribution in [1.82, 2.24) is 14.8 Å². The van der Waals surface area contributed by atoms with Crippen molar-refractivity contribution in [1.29, 1.82) is 0 Å². The van der Waals surface area contributed by atoms with Crippen molar-refractivity contribution < 1.29 is 18.0 Å². The van der Waals surface area contributed by atoms with Crippen LogP contribution in [0.5, 0.6) is 0 Å². The number of alkyl halides is 3. The Morgan fingerprint density at radius 2 is 1.96 bits per heavy atom. The number of halogens is 3. The maximum Gasteiger partial charge on any atom is 0.416 e. The van der Waals surface area contributed by atoms with E-state index in [9.17, 15) is 18.0 Å². The molecule has 0 radical (unpaired) electrons. The third-order valence-corrected chi connectivity index (χ3v) is 3.20. The second-order valence-corrected chi connectivity index (χ2v) is 4.89. The number of benzene rings is 1. The van der Waals surface area contributed by atoms with Crippen LogP contribution in [-0.2, 0) is 6.18 Å². The molecule has 0 aliphatic carbocycles. The van der Waals surface area contributed by atoms with Gasteiger partial charge < -0.3 is 5.32 Å². The number of rotatable bonds is 3. The summed E-state index contributed by atoms with van der Waals surface area (Å²) in [5.41, 5.74) is -0.586. The zero-order valence-electron chi connectivity index (χ0n) is 12.2. The van der Waals surface area contributed by atoms with Gasteiger partial charge in [0.1, 0.15) is 0 Å². The standard InChI is InChI=1S/C16H11F3N4O/c17-16(18,19)12-4-1-3-11(9-12)15(24)22-13-5-6-14(20-10-13)23-8-2-7-21-23/h1-10H,(H,22,24). The summed E-state index contributed by atoms with van der Waals surface area (Å²) < 4.78 is 39.6. The number of nitrogens with one attached hydrogen (secondary N) is 1. The van der Waals surface area contributed by atoms with Gasteiger partial charge in [-0.05, 0) is 36.4 Å². The van der Waals surface area contributed by atoms with Crippen LogP contribution < -0.4 is 5.32 Å². The first-order valence-electron chi connectivity index (χ1n) is 6.88. The van der Waals surface area contributed by atoms with Gasteiger partial charge in [-0.2, -0.15) is 18.3 Å². The number of carbonyl (C=O) groups is 1. The normalized spacial score (nSPS) is 11.3. The monoisotopic (exact) mass is 332 g/mol. The average molecular weight is 332 g/mol. The molecule has 3 rings (SSSR count). The van der Waals surface area contributed by atoms with Gasteiger partial charge in [0.25, 0.3) is 5.91 Å². The Morgan fingerprint density at radius 1 is 1.12 bits per heavy atom. The third kappa shape index (κ3) is 3.43. The second-order valence-electron chi connectivity index (χ2n) is 4.89. The first kappa shape index (κ1) is 15.7. The average Bonchev–Trinajstić information content (AvgIpc) is 3.09. The number of anilines is 1. The van der Waals surface area contributed by atoms with E-state index in [-0.39, 0.29) is 5.56 Å². The molecule has 0 aliphatic heterocycles. The van der Waals surface area contributed by atoms with Crippen LogP contribution in [0.3, 0.4) is 0 Å². The first-order valence-corrected chi connectivity index (χ1v) is 6.88. The topological polar surface area (TPSA) is 59.8 Å². The van der Waals surface area contributed by atoms with Crippen molar-refractivity contribution >= 4 is 11.6 Å². The Labute approximate surface area is 134 Å². The summed E-state index contributed by atoms with van der Waals surface area (Å²) in [6.45, 7) is 0. The Kier molecular flexibility index (Phi) is 4.03. The molecule has 3 aromatic rings. The van der Waals surface area contributed by atoms with E-state index in [1.54, 1.807) is 35.3 Å². The lowest BCUT2D eigenvalue weighted by Crippen LogP contribution is -2.14. The zero-order chi connectivity index (χ0) is 17.2. The molecule has 0 fully saturated rings. The van der Waals surface area contributed by atoms with E-state index in [0.29, 0.717) is 11.5 Å². The molecule has 1 aromatic carbocycles. The van der Waals surface area contributed by atoms with Crippen LogP contribution in [0.2, 0.25) is 0 Å². The van der Waals surface area contributed by atoms with Gasteiger partial charge in [0.05, 0.1) is 17.4 Å². The quantitative estimate of drug-likeness (QED) is 0.798. The maximum absolute atomic E-state index is 12.7. The largest absolute Gasteiger partial charge is 0.416 e. The summed E-state index contributed by atoms with van der Waals surface area (Å²) in [5, 5.41) is 6.53. The van der Waals surface area contributed by atoms with Gasteiger partial charge >= 0.3 is 6.18 Å². The van der Waals surface area contributed by atoms with Crippen LogP contribution in [0, 0.1) is 0 Å². The van der Waals surface area contributed by atoms with E-state index in [4.69, 9.17) is 0 Å². The molecule has 0 aliphatic rings. The Bertz CT molecular complexity index is 843. The highest BCUT2D eigenvalue weighted by molar-refractivity contribution is 6.04. The fourth-order valence-electron chi connectivity index (χ4n) is 2.04. The Balaban J connectivity index is 1.75. The third-order valence-electron chi connectivity index (χ3n) is 3.20. The molecule has 5 nitrogen and oxygen atoms in total. The molecular weight excluding hydrogens is 321 g/mol. The van der Waals surface area contributed by atoms with Crippen molar-refractivity contribution in [2.45, 2.75) is 6.18 Å². The van der Waals surface area contributed by atoms with E-state index in [1.165, 1.54) is 18.3 Å². The molecule has 0 unspecified atom stereocenters. The maximum atomic E-state index is 12.7. The molecule has 0 spiro atoms. The smallest absolute Gasteiger partial charge is 0.321 e. The van der Waals surface area contributed by atoms with Crippen molar-refractivity contribution in [3.63, 3.8) is 0 Å². The number of pyridine rings is 1. The van der Waals surface area contributed by atoms with Gasteiger partial charge in [-0.3, -0.25) is 4.79 Å². The van der Waals surface area contributed by atoms with Crippen LogP contribution in [-0.4, -0.2) is 20.7 Å². The lowest BCUT2D eigenvalue weighted by Gasteiger charge is -2.09. The molecule has 0 saturated heterocycles. The molecule has 0 saturated carbocycles. The van der Waals surface area contributed by atoms with E-state index < -0.39 is 17.6 Å². The molecule has 8 heteroatoms. The number of carbonyl (C=O) groups excluding carboxylic acids is 1. The van der Waals surface area contributed by atoms with Crippen LogP contribution in [0.4, 0.5) is 18.9 Å². The molecule has 2 aromatic heterocycles. The number of hydrogen-bond acceptors (Lipinski definition) is 3. The molecule has 2 heterocycles. The Morgan fingerprint density at radius 3 is 2.58 bits per heavy atom. The minimum absolute atomic E-state index is 0.0824. The summed E-state index contributed by atoms with van der Waals surface area (Å²) in [7, 11) is 0. The number of hydrogen-bond donors (Lipinski definition) is 1. The van der Waals surface area contributed by atoms with E-state index in [0.717, 1.165) is 12.1 Å². The van der Waals surface area contributed by atoms with Gasteiger partial charge in [0.2, 0.25) is 0 Å². The summed E-state index contributed by atoms with van der Waals surface area (Å²) in [5.74, 6) is -0.0909. The zero-order valence-corrected chi connectivity index (χ0v) is 12.2. The molecule has 24 heavy (non-hydrogen) atoms. The van der Waals surface area contributed by atoms with Crippen LogP contribution in [0.15, 0.2) is 61.1 Å². The number of nitrogens with zero attached hydrogens (tertiary/aromatic N) is 3. The Hall–Kier alpha value is -3.16. The van der Waals surface area contributed by atoms with Gasteiger partial charge in [-0.25, -0.2) is 9.67 Å². The first-order chi connectivity index (χ1) is 11.4. The van der Waals surface area contributed by atoms with E-state index in [1.807, 2.05) is 0 Å². The van der Waals surface area contributed by atoms with Crippen molar-refractivity contribution in [2.24, 2.45) is 0 Å². The predicted molar refractivity (Wildman–Crippen MR) is 80.8 cm³/mol. The molecule has 1 N–H and O–H groups in total. The summed E-state index contributed by atoms with van der Waals surface area (Å²) in [4.78, 5) is 16.2. The van der Waals surface area contributed by atoms with E-state index >= 15 is 0 Å². The van der Waals surface area contributed by atoms with Crippen molar-refractivity contribution in [2.75, 3.05) is 5.32 Å². The van der Waals surface area contributed by atoms with E-state index in [2.05, 4.69) is 15.4 Å². The van der Waals surface area contributed by atoms with Crippen LogP contribution in [0.1, 0.15) is 15.9 Å². The number of amides is 1. The summed E-state index contributed by atoms with van der Waals surface area (Å²) in [6, 6.07) is 9.19. The van der Waals surface area contributed by atoms with Crippen molar-refractivity contribution in [3.8, 4) is 5.82 Å². The van der Waals surface area contributed by atoms with Crippen LogP contribution in [0.25, 0.3) is 5.82 Å². The SMILES string of the molecule is O=C(Nc1ccc(-n2cccn2)nc1)c1cccc(C(F)(F)F)c1. The molecular formula is C16H11F3N4O. The number of aromatic nitrogens is 3. The van der Waals surface area contributed by atoms with Gasteiger partial charge in [-0.1, -0.05) is 6.07 Å². The minimum atomic E-state index is -4.50. The lowest BCUT2D eigenvalue weighted by atomic mass is 10.1. The molecule has 122 valence electrons. The summed E-state index contributed by atoms with van der Waals surface area (Å²) in [6.07, 6.45) is 0.222. The highest BCUT2D eigenvalue weighted by atomic mass is 19.4. The van der Waals surface area contributed by atoms with Gasteiger partial charge in [0, 0.05) is 18.0 Å². The predicted octanol–water partition coefficient (Wildman–Crippen LogP) is 3.54. The second kappa shape index (κ2) is 6.15.